The first-order chi connectivity index (χ1) is 11.2. The quantitative estimate of drug-likeness (QED) is 0.757. The molecule has 0 aliphatic heterocycles. The predicted octanol–water partition coefficient (Wildman–Crippen LogP) is 3.05. The Balaban J connectivity index is 1.75. The molecule has 0 amide bonds. The molecule has 0 radical (unpaired) electrons. The average Bonchev–Trinajstić information content (AvgIpc) is 2.58. The Labute approximate surface area is 134 Å². The van der Waals surface area contributed by atoms with Crippen LogP contribution in [0.4, 0.5) is 5.82 Å². The number of para-hydroxylation sites is 1. The van der Waals surface area contributed by atoms with Crippen molar-refractivity contribution in [3.8, 4) is 22.8 Å². The van der Waals surface area contributed by atoms with E-state index in [4.69, 9.17) is 10.5 Å². The first-order valence-electron chi connectivity index (χ1n) is 7.32. The highest BCUT2D eigenvalue weighted by molar-refractivity contribution is 5.68. The zero-order valence-electron chi connectivity index (χ0n) is 12.5. The number of ether oxygens (including phenoxy) is 1. The van der Waals surface area contributed by atoms with Crippen molar-refractivity contribution in [1.29, 1.82) is 0 Å². The number of hydrogen-bond donors (Lipinski definition) is 2. The second kappa shape index (κ2) is 6.79. The van der Waals surface area contributed by atoms with Crippen molar-refractivity contribution in [2.75, 3.05) is 12.3 Å². The van der Waals surface area contributed by atoms with Crippen LogP contribution in [0.25, 0.3) is 11.3 Å². The van der Waals surface area contributed by atoms with Crippen LogP contribution >= 0.6 is 0 Å². The molecule has 0 atom stereocenters. The van der Waals surface area contributed by atoms with Crippen LogP contribution in [-0.2, 0) is 6.42 Å². The molecule has 0 saturated carbocycles. The fraction of sp³-hybridized carbons (Fsp3) is 0.111. The van der Waals surface area contributed by atoms with E-state index in [1.807, 2.05) is 36.4 Å². The largest absolute Gasteiger partial charge is 0.507 e. The van der Waals surface area contributed by atoms with Gasteiger partial charge in [-0.15, -0.1) is 10.2 Å². The molecule has 1 heterocycles. The number of hydrogen-bond acceptors (Lipinski definition) is 5. The molecule has 1 aromatic heterocycles. The predicted molar refractivity (Wildman–Crippen MR) is 89.2 cm³/mol. The summed E-state index contributed by atoms with van der Waals surface area (Å²) >= 11 is 0. The summed E-state index contributed by atoms with van der Waals surface area (Å²) < 4.78 is 5.73. The zero-order chi connectivity index (χ0) is 16.1. The molecule has 0 bridgehead atoms. The summed E-state index contributed by atoms with van der Waals surface area (Å²) in [4.78, 5) is 0. The number of aromatic nitrogens is 2. The summed E-state index contributed by atoms with van der Waals surface area (Å²) in [5.41, 5.74) is 8.12. The first-order valence-corrected chi connectivity index (χ1v) is 7.32. The zero-order valence-corrected chi connectivity index (χ0v) is 12.5. The Morgan fingerprint density at radius 1 is 0.957 bits per heavy atom. The number of nitrogens with two attached hydrogens (primary N) is 1. The van der Waals surface area contributed by atoms with E-state index in [2.05, 4.69) is 10.2 Å². The number of nitrogen functional groups attached to an aromatic ring is 1. The Morgan fingerprint density at radius 3 is 2.48 bits per heavy atom. The minimum atomic E-state index is 0.141. The standard InChI is InChI=1S/C18H17N3O2/c19-18-17(23-11-10-13-6-2-1-3-7-13)12-15(20-21-18)14-8-4-5-9-16(14)22/h1-9,12,22H,10-11H2,(H2,19,21). The number of aromatic hydroxyl groups is 1. The van der Waals surface area contributed by atoms with Gasteiger partial charge in [0, 0.05) is 18.1 Å². The maximum atomic E-state index is 9.91. The number of nitrogens with zero attached hydrogens (tertiary/aromatic N) is 2. The fourth-order valence-corrected chi connectivity index (χ4v) is 2.24. The van der Waals surface area contributed by atoms with Crippen molar-refractivity contribution in [3.63, 3.8) is 0 Å². The Morgan fingerprint density at radius 2 is 1.70 bits per heavy atom. The topological polar surface area (TPSA) is 81.3 Å². The minimum absolute atomic E-state index is 0.141. The highest BCUT2D eigenvalue weighted by Crippen LogP contribution is 2.30. The first kappa shape index (κ1) is 14.8. The van der Waals surface area contributed by atoms with Crippen molar-refractivity contribution in [2.24, 2.45) is 0 Å². The summed E-state index contributed by atoms with van der Waals surface area (Å²) in [6.07, 6.45) is 0.772. The van der Waals surface area contributed by atoms with Gasteiger partial charge in [0.2, 0.25) is 0 Å². The Kier molecular flexibility index (Phi) is 4.38. The van der Waals surface area contributed by atoms with E-state index in [1.54, 1.807) is 24.3 Å². The lowest BCUT2D eigenvalue weighted by Crippen LogP contribution is -2.06. The third-order valence-corrected chi connectivity index (χ3v) is 3.46. The minimum Gasteiger partial charge on any atom is -0.507 e. The van der Waals surface area contributed by atoms with E-state index in [9.17, 15) is 5.11 Å². The van der Waals surface area contributed by atoms with Gasteiger partial charge < -0.3 is 15.6 Å². The molecule has 3 aromatic rings. The van der Waals surface area contributed by atoms with Crippen LogP contribution in [0.2, 0.25) is 0 Å². The van der Waals surface area contributed by atoms with Gasteiger partial charge in [-0.3, -0.25) is 0 Å². The van der Waals surface area contributed by atoms with E-state index in [1.165, 1.54) is 5.56 Å². The third kappa shape index (κ3) is 3.58. The molecule has 3 rings (SSSR count). The smallest absolute Gasteiger partial charge is 0.188 e. The SMILES string of the molecule is Nc1nnc(-c2ccccc2O)cc1OCCc1ccccc1. The van der Waals surface area contributed by atoms with Crippen molar-refractivity contribution in [3.05, 3.63) is 66.2 Å². The number of phenolic OH excluding ortho intramolecular Hbond substituents is 1. The van der Waals surface area contributed by atoms with Gasteiger partial charge in [0.05, 0.1) is 6.61 Å². The van der Waals surface area contributed by atoms with Crippen LogP contribution in [0.5, 0.6) is 11.5 Å². The number of anilines is 1. The molecule has 0 aliphatic carbocycles. The molecule has 0 fully saturated rings. The van der Waals surface area contributed by atoms with Gasteiger partial charge >= 0.3 is 0 Å². The molecule has 0 unspecified atom stereocenters. The van der Waals surface area contributed by atoms with E-state index in [0.29, 0.717) is 23.6 Å². The number of benzene rings is 2. The molecule has 5 nitrogen and oxygen atoms in total. The van der Waals surface area contributed by atoms with Crippen LogP contribution in [0.1, 0.15) is 5.56 Å². The number of phenols is 1. The monoisotopic (exact) mass is 307 g/mol. The highest BCUT2D eigenvalue weighted by atomic mass is 16.5. The van der Waals surface area contributed by atoms with Crippen LogP contribution in [-0.4, -0.2) is 21.9 Å². The molecule has 5 heteroatoms. The molecule has 0 saturated heterocycles. The highest BCUT2D eigenvalue weighted by Gasteiger charge is 2.10. The maximum absolute atomic E-state index is 9.91. The molecule has 0 spiro atoms. The number of rotatable bonds is 5. The lowest BCUT2D eigenvalue weighted by molar-refractivity contribution is 0.322. The molecular formula is C18H17N3O2. The van der Waals surface area contributed by atoms with Gasteiger partial charge in [0.15, 0.2) is 11.6 Å². The van der Waals surface area contributed by atoms with Gasteiger partial charge in [0.1, 0.15) is 11.4 Å². The lowest BCUT2D eigenvalue weighted by Gasteiger charge is -2.10. The van der Waals surface area contributed by atoms with Gasteiger partial charge in [-0.1, -0.05) is 42.5 Å². The van der Waals surface area contributed by atoms with Crippen molar-refractivity contribution in [1.82, 2.24) is 10.2 Å². The second-order valence-electron chi connectivity index (χ2n) is 5.08. The molecule has 0 aliphatic rings. The summed E-state index contributed by atoms with van der Waals surface area (Å²) in [7, 11) is 0. The Hall–Kier alpha value is -3.08. The molecule has 3 N–H and O–H groups in total. The normalized spacial score (nSPS) is 10.4. The third-order valence-electron chi connectivity index (χ3n) is 3.46. The van der Waals surface area contributed by atoms with Crippen LogP contribution in [0, 0.1) is 0 Å². The van der Waals surface area contributed by atoms with Crippen molar-refractivity contribution in [2.45, 2.75) is 6.42 Å². The van der Waals surface area contributed by atoms with Gasteiger partial charge in [-0.25, -0.2) is 0 Å². The summed E-state index contributed by atoms with van der Waals surface area (Å²) in [6, 6.07) is 18.7. The van der Waals surface area contributed by atoms with E-state index in [0.717, 1.165) is 6.42 Å². The van der Waals surface area contributed by atoms with Crippen LogP contribution in [0.3, 0.4) is 0 Å². The summed E-state index contributed by atoms with van der Waals surface area (Å²) in [6.45, 7) is 0.486. The molecule has 23 heavy (non-hydrogen) atoms. The van der Waals surface area contributed by atoms with Gasteiger partial charge in [-0.05, 0) is 17.7 Å². The van der Waals surface area contributed by atoms with E-state index in [-0.39, 0.29) is 11.6 Å². The summed E-state index contributed by atoms with van der Waals surface area (Å²) in [5.74, 6) is 0.841. The lowest BCUT2D eigenvalue weighted by atomic mass is 10.1. The van der Waals surface area contributed by atoms with Crippen molar-refractivity contribution < 1.29 is 9.84 Å². The average molecular weight is 307 g/mol. The Bertz CT molecular complexity index is 791. The fourth-order valence-electron chi connectivity index (χ4n) is 2.24. The second-order valence-corrected chi connectivity index (χ2v) is 5.08. The molecule has 116 valence electrons. The van der Waals surface area contributed by atoms with Gasteiger partial charge in [0.25, 0.3) is 0 Å². The summed E-state index contributed by atoms with van der Waals surface area (Å²) in [5, 5.41) is 17.8. The molecular weight excluding hydrogens is 290 g/mol. The van der Waals surface area contributed by atoms with Crippen LogP contribution < -0.4 is 10.5 Å². The maximum Gasteiger partial charge on any atom is 0.188 e. The van der Waals surface area contributed by atoms with E-state index >= 15 is 0 Å². The van der Waals surface area contributed by atoms with E-state index < -0.39 is 0 Å². The van der Waals surface area contributed by atoms with Crippen molar-refractivity contribution >= 4 is 5.82 Å². The van der Waals surface area contributed by atoms with Gasteiger partial charge in [-0.2, -0.15) is 0 Å². The molecule has 2 aromatic carbocycles. The van der Waals surface area contributed by atoms with Crippen LogP contribution in [0.15, 0.2) is 60.7 Å².